The Bertz CT molecular complexity index is 1570. The first kappa shape index (κ1) is 29.8. The molecular formula is C25H16F3IN4O7. The fraction of sp³-hybridized carbons (Fsp3) is 0.120. The summed E-state index contributed by atoms with van der Waals surface area (Å²) in [7, 11) is 0. The number of non-ortho nitro benzene ring substituents is 1. The van der Waals surface area contributed by atoms with Crippen molar-refractivity contribution >= 4 is 51.6 Å². The van der Waals surface area contributed by atoms with E-state index < -0.39 is 38.9 Å². The van der Waals surface area contributed by atoms with E-state index in [9.17, 15) is 43.5 Å². The number of carbonyl (C=O) groups excluding carboxylic acids is 1. The van der Waals surface area contributed by atoms with Crippen LogP contribution in [0.1, 0.15) is 18.1 Å². The fourth-order valence-corrected chi connectivity index (χ4v) is 4.01. The molecule has 11 nitrogen and oxygen atoms in total. The smallest absolute Gasteiger partial charge is 0.416 e. The number of carbonyl (C=O) groups is 1. The van der Waals surface area contributed by atoms with Crippen LogP contribution < -0.4 is 14.8 Å². The SMILES string of the molecule is CCOc1cc(/C=C(\C#N)C(=O)Nc2cccc([N+](=O)[O-])c2)cc(I)c1Oc1ccc(C(F)(F)F)cc1[N+](=O)[O-]. The molecule has 0 aliphatic carbocycles. The van der Waals surface area contributed by atoms with Crippen molar-refractivity contribution in [1.82, 2.24) is 0 Å². The van der Waals surface area contributed by atoms with Gasteiger partial charge in [0.1, 0.15) is 11.6 Å². The maximum atomic E-state index is 13.1. The number of nitro groups is 2. The highest BCUT2D eigenvalue weighted by Crippen LogP contribution is 2.42. The molecule has 0 aliphatic rings. The zero-order chi connectivity index (χ0) is 29.6. The van der Waals surface area contributed by atoms with Crippen LogP contribution in [0, 0.1) is 35.1 Å². The zero-order valence-corrected chi connectivity index (χ0v) is 22.3. The number of amides is 1. The molecule has 0 bridgehead atoms. The quantitative estimate of drug-likeness (QED) is 0.0852. The summed E-state index contributed by atoms with van der Waals surface area (Å²) in [5, 5.41) is 34.4. The number of rotatable bonds is 9. The van der Waals surface area contributed by atoms with Crippen molar-refractivity contribution in [1.29, 1.82) is 5.26 Å². The average molecular weight is 668 g/mol. The number of alkyl halides is 3. The van der Waals surface area contributed by atoms with Crippen LogP contribution in [0.25, 0.3) is 6.08 Å². The van der Waals surface area contributed by atoms with Crippen molar-refractivity contribution in [3.8, 4) is 23.3 Å². The number of hydrogen-bond acceptors (Lipinski definition) is 8. The Kier molecular flexibility index (Phi) is 9.27. The van der Waals surface area contributed by atoms with Crippen LogP contribution in [0.3, 0.4) is 0 Å². The molecule has 0 atom stereocenters. The third-order valence-corrected chi connectivity index (χ3v) is 5.82. The largest absolute Gasteiger partial charge is 0.490 e. The topological polar surface area (TPSA) is 158 Å². The van der Waals surface area contributed by atoms with E-state index in [0.29, 0.717) is 15.7 Å². The van der Waals surface area contributed by atoms with Gasteiger partial charge >= 0.3 is 11.9 Å². The fourth-order valence-electron chi connectivity index (χ4n) is 3.28. The van der Waals surface area contributed by atoms with Gasteiger partial charge in [-0.1, -0.05) is 6.07 Å². The third-order valence-electron chi connectivity index (χ3n) is 5.02. The summed E-state index contributed by atoms with van der Waals surface area (Å²) in [6.07, 6.45) is -3.59. The van der Waals surface area contributed by atoms with E-state index in [0.717, 1.165) is 12.1 Å². The number of halogens is 4. The minimum Gasteiger partial charge on any atom is -0.490 e. The summed E-state index contributed by atoms with van der Waals surface area (Å²) >= 11 is 1.80. The van der Waals surface area contributed by atoms with Crippen molar-refractivity contribution in [3.05, 3.63) is 95.1 Å². The van der Waals surface area contributed by atoms with E-state index in [-0.39, 0.29) is 40.6 Å². The van der Waals surface area contributed by atoms with E-state index in [1.807, 2.05) is 0 Å². The Labute approximate surface area is 237 Å². The molecule has 0 spiro atoms. The van der Waals surface area contributed by atoms with E-state index in [1.165, 1.54) is 36.4 Å². The van der Waals surface area contributed by atoms with Gasteiger partial charge in [0.25, 0.3) is 11.6 Å². The van der Waals surface area contributed by atoms with Gasteiger partial charge in [-0.05, 0) is 71.5 Å². The molecule has 206 valence electrons. The molecule has 40 heavy (non-hydrogen) atoms. The van der Waals surface area contributed by atoms with Gasteiger partial charge in [-0.15, -0.1) is 0 Å². The molecule has 15 heteroatoms. The highest BCUT2D eigenvalue weighted by Gasteiger charge is 2.33. The highest BCUT2D eigenvalue weighted by molar-refractivity contribution is 14.1. The van der Waals surface area contributed by atoms with E-state index in [4.69, 9.17) is 9.47 Å². The molecule has 0 saturated heterocycles. The molecule has 3 rings (SSSR count). The second-order valence-corrected chi connectivity index (χ2v) is 8.90. The Morgan fingerprint density at radius 3 is 2.42 bits per heavy atom. The van der Waals surface area contributed by atoms with Gasteiger partial charge in [0.15, 0.2) is 11.5 Å². The second kappa shape index (κ2) is 12.4. The van der Waals surface area contributed by atoms with Crippen LogP contribution in [0.2, 0.25) is 0 Å². The first-order chi connectivity index (χ1) is 18.8. The number of nitrogens with zero attached hydrogens (tertiary/aromatic N) is 3. The predicted molar refractivity (Wildman–Crippen MR) is 144 cm³/mol. The first-order valence-electron chi connectivity index (χ1n) is 11.0. The number of ether oxygens (including phenoxy) is 2. The molecule has 3 aromatic rings. The summed E-state index contributed by atoms with van der Waals surface area (Å²) in [4.78, 5) is 33.4. The molecule has 0 unspecified atom stereocenters. The molecule has 0 aliphatic heterocycles. The first-order valence-corrected chi connectivity index (χ1v) is 12.1. The Balaban J connectivity index is 1.97. The van der Waals surface area contributed by atoms with Gasteiger partial charge in [-0.2, -0.15) is 18.4 Å². The van der Waals surface area contributed by atoms with Crippen molar-refractivity contribution in [2.75, 3.05) is 11.9 Å². The molecule has 0 aromatic heterocycles. The lowest BCUT2D eigenvalue weighted by atomic mass is 10.1. The van der Waals surface area contributed by atoms with Crippen LogP contribution in [-0.4, -0.2) is 22.4 Å². The van der Waals surface area contributed by atoms with Gasteiger partial charge in [0.05, 0.1) is 25.6 Å². The number of benzene rings is 3. The molecule has 1 amide bonds. The number of nitriles is 1. The van der Waals surface area contributed by atoms with E-state index >= 15 is 0 Å². The normalized spacial score (nSPS) is 11.3. The standard InChI is InChI=1S/C25H16F3IN4O7/c1-2-39-22-10-14(8-15(13-30)24(34)31-17-4-3-5-18(12-17)32(35)36)9-19(29)23(22)40-21-7-6-16(25(26,27)28)11-20(21)33(37)38/h3-12H,2H2,1H3,(H,31,34)/b15-8+. The lowest BCUT2D eigenvalue weighted by Crippen LogP contribution is -2.13. The Morgan fingerprint density at radius 1 is 1.10 bits per heavy atom. The summed E-state index contributed by atoms with van der Waals surface area (Å²) in [6.45, 7) is 1.74. The Hall–Kier alpha value is -4.72. The van der Waals surface area contributed by atoms with Gasteiger partial charge in [-0.25, -0.2) is 0 Å². The zero-order valence-electron chi connectivity index (χ0n) is 20.2. The van der Waals surface area contributed by atoms with Gasteiger partial charge in [0.2, 0.25) is 5.75 Å². The molecular weight excluding hydrogens is 652 g/mol. The van der Waals surface area contributed by atoms with Crippen molar-refractivity contribution in [2.24, 2.45) is 0 Å². The number of nitrogens with one attached hydrogen (secondary N) is 1. The maximum Gasteiger partial charge on any atom is 0.416 e. The minimum atomic E-state index is -4.80. The van der Waals surface area contributed by atoms with Crippen LogP contribution in [0.4, 0.5) is 30.2 Å². The number of anilines is 1. The van der Waals surface area contributed by atoms with Crippen LogP contribution in [0.5, 0.6) is 17.2 Å². The lowest BCUT2D eigenvalue weighted by molar-refractivity contribution is -0.385. The molecule has 0 saturated carbocycles. The second-order valence-electron chi connectivity index (χ2n) is 7.73. The van der Waals surface area contributed by atoms with E-state index in [1.54, 1.807) is 35.6 Å². The van der Waals surface area contributed by atoms with Gasteiger partial charge in [0, 0.05) is 23.9 Å². The maximum absolute atomic E-state index is 13.1. The molecule has 0 heterocycles. The van der Waals surface area contributed by atoms with Crippen molar-refractivity contribution < 1.29 is 37.3 Å². The summed E-state index contributed by atoms with van der Waals surface area (Å²) in [6, 6.07) is 11.5. The molecule has 3 aromatic carbocycles. The van der Waals surface area contributed by atoms with Crippen LogP contribution in [-0.2, 0) is 11.0 Å². The predicted octanol–water partition coefficient (Wildman–Crippen LogP) is 6.86. The molecule has 0 radical (unpaired) electrons. The van der Waals surface area contributed by atoms with Crippen molar-refractivity contribution in [2.45, 2.75) is 13.1 Å². The number of nitro benzene ring substituents is 2. The summed E-state index contributed by atoms with van der Waals surface area (Å²) < 4.78 is 50.7. The minimum absolute atomic E-state index is 0.0335. The monoisotopic (exact) mass is 668 g/mol. The van der Waals surface area contributed by atoms with Gasteiger partial charge in [-0.3, -0.25) is 25.0 Å². The Morgan fingerprint density at radius 2 is 1.82 bits per heavy atom. The third kappa shape index (κ3) is 7.22. The van der Waals surface area contributed by atoms with Crippen LogP contribution in [0.15, 0.2) is 60.2 Å². The van der Waals surface area contributed by atoms with Crippen molar-refractivity contribution in [3.63, 3.8) is 0 Å². The average Bonchev–Trinajstić information content (AvgIpc) is 2.88. The van der Waals surface area contributed by atoms with Crippen LogP contribution >= 0.6 is 22.6 Å². The highest BCUT2D eigenvalue weighted by atomic mass is 127. The van der Waals surface area contributed by atoms with E-state index in [2.05, 4.69) is 5.32 Å². The number of hydrogen-bond donors (Lipinski definition) is 1. The summed E-state index contributed by atoms with van der Waals surface area (Å²) in [5.41, 5.74) is -2.39. The summed E-state index contributed by atoms with van der Waals surface area (Å²) in [5.74, 6) is -1.32. The molecule has 0 fully saturated rings. The van der Waals surface area contributed by atoms with Gasteiger partial charge < -0.3 is 14.8 Å². The lowest BCUT2D eigenvalue weighted by Gasteiger charge is -2.15. The molecule has 1 N–H and O–H groups in total.